The van der Waals surface area contributed by atoms with E-state index in [1.807, 2.05) is 0 Å². The van der Waals surface area contributed by atoms with Crippen LogP contribution in [0.15, 0.2) is 18.2 Å². The van der Waals surface area contributed by atoms with E-state index in [0.717, 1.165) is 13.1 Å². The molecule has 2 nitrogen and oxygen atoms in total. The molecule has 80 valence electrons. The number of aromatic amines is 1. The highest BCUT2D eigenvalue weighted by atomic mass is 14.9. The predicted molar refractivity (Wildman–Crippen MR) is 65.2 cm³/mol. The van der Waals surface area contributed by atoms with Crippen LogP contribution in [-0.2, 0) is 6.54 Å². The monoisotopic (exact) mass is 202 g/mol. The van der Waals surface area contributed by atoms with Gasteiger partial charge in [0.15, 0.2) is 0 Å². The van der Waals surface area contributed by atoms with Gasteiger partial charge in [0, 0.05) is 23.1 Å². The predicted octanol–water partition coefficient (Wildman–Crippen LogP) is 2.89. The summed E-state index contributed by atoms with van der Waals surface area (Å²) in [5.41, 5.74) is 5.19. The molecule has 0 amide bonds. The van der Waals surface area contributed by atoms with E-state index in [1.165, 1.54) is 27.7 Å². The van der Waals surface area contributed by atoms with Gasteiger partial charge in [0.2, 0.25) is 0 Å². The molecular formula is C13H18N2. The van der Waals surface area contributed by atoms with E-state index in [2.05, 4.69) is 49.3 Å². The minimum absolute atomic E-state index is 0.920. The van der Waals surface area contributed by atoms with E-state index in [4.69, 9.17) is 0 Å². The Kier molecular flexibility index (Phi) is 2.78. The van der Waals surface area contributed by atoms with E-state index < -0.39 is 0 Å². The van der Waals surface area contributed by atoms with E-state index in [-0.39, 0.29) is 0 Å². The Morgan fingerprint density at radius 3 is 2.73 bits per heavy atom. The van der Waals surface area contributed by atoms with Crippen molar-refractivity contribution in [3.05, 3.63) is 35.0 Å². The normalized spacial score (nSPS) is 11.1. The lowest BCUT2D eigenvalue weighted by Crippen LogP contribution is -2.11. The van der Waals surface area contributed by atoms with Crippen LogP contribution < -0.4 is 5.32 Å². The number of benzene rings is 1. The fourth-order valence-electron chi connectivity index (χ4n) is 2.02. The van der Waals surface area contributed by atoms with Crippen molar-refractivity contribution in [3.8, 4) is 0 Å². The van der Waals surface area contributed by atoms with Crippen LogP contribution in [0.4, 0.5) is 0 Å². The second-order valence-electron chi connectivity index (χ2n) is 4.12. The molecular weight excluding hydrogens is 184 g/mol. The molecule has 2 heteroatoms. The first-order valence-corrected chi connectivity index (χ1v) is 5.50. The van der Waals surface area contributed by atoms with Crippen molar-refractivity contribution in [2.24, 2.45) is 0 Å². The van der Waals surface area contributed by atoms with Gasteiger partial charge in [-0.3, -0.25) is 0 Å². The number of aromatic nitrogens is 1. The lowest BCUT2D eigenvalue weighted by molar-refractivity contribution is 0.715. The Balaban J connectivity index is 2.41. The quantitative estimate of drug-likeness (QED) is 0.787. The number of H-pyrrole nitrogens is 1. The Labute approximate surface area is 90.7 Å². The van der Waals surface area contributed by atoms with Crippen LogP contribution in [0.1, 0.15) is 23.7 Å². The summed E-state index contributed by atoms with van der Waals surface area (Å²) >= 11 is 0. The second-order valence-corrected chi connectivity index (χ2v) is 4.12. The zero-order chi connectivity index (χ0) is 10.8. The summed E-state index contributed by atoms with van der Waals surface area (Å²) in [6.45, 7) is 8.35. The molecule has 1 heterocycles. The van der Waals surface area contributed by atoms with Crippen molar-refractivity contribution in [2.75, 3.05) is 6.54 Å². The lowest BCUT2D eigenvalue weighted by atomic mass is 10.1. The number of hydrogen-bond donors (Lipinski definition) is 2. The average Bonchev–Trinajstić information content (AvgIpc) is 2.57. The molecule has 0 saturated carbocycles. The molecule has 0 aliphatic heterocycles. The highest BCUT2D eigenvalue weighted by molar-refractivity contribution is 5.84. The standard InChI is InChI=1S/C13H18N2/c1-4-14-8-12-7-11-6-9(2)5-10(3)13(11)15-12/h5-7,14-15H,4,8H2,1-3H3. The molecule has 0 saturated heterocycles. The van der Waals surface area contributed by atoms with Crippen molar-refractivity contribution in [2.45, 2.75) is 27.3 Å². The van der Waals surface area contributed by atoms with Crippen LogP contribution >= 0.6 is 0 Å². The van der Waals surface area contributed by atoms with E-state index in [1.54, 1.807) is 0 Å². The average molecular weight is 202 g/mol. The molecule has 15 heavy (non-hydrogen) atoms. The van der Waals surface area contributed by atoms with Crippen molar-refractivity contribution in [1.82, 2.24) is 10.3 Å². The lowest BCUT2D eigenvalue weighted by Gasteiger charge is -1.98. The van der Waals surface area contributed by atoms with Crippen LogP contribution in [0.25, 0.3) is 10.9 Å². The Morgan fingerprint density at radius 2 is 2.00 bits per heavy atom. The Morgan fingerprint density at radius 1 is 1.20 bits per heavy atom. The zero-order valence-electron chi connectivity index (χ0n) is 9.65. The van der Waals surface area contributed by atoms with Gasteiger partial charge in [-0.2, -0.15) is 0 Å². The van der Waals surface area contributed by atoms with E-state index in [0.29, 0.717) is 0 Å². The summed E-state index contributed by atoms with van der Waals surface area (Å²) in [6, 6.07) is 6.68. The summed E-state index contributed by atoms with van der Waals surface area (Å²) in [5, 5.41) is 4.65. The van der Waals surface area contributed by atoms with Crippen molar-refractivity contribution < 1.29 is 0 Å². The first kappa shape index (κ1) is 10.2. The molecule has 0 fully saturated rings. The third-order valence-electron chi connectivity index (χ3n) is 2.69. The number of fused-ring (bicyclic) bond motifs is 1. The molecule has 0 atom stereocenters. The molecule has 0 bridgehead atoms. The van der Waals surface area contributed by atoms with Gasteiger partial charge in [-0.05, 0) is 38.1 Å². The van der Waals surface area contributed by atoms with Gasteiger partial charge in [-0.1, -0.05) is 18.6 Å². The fraction of sp³-hybridized carbons (Fsp3) is 0.385. The molecule has 2 aromatic rings. The van der Waals surface area contributed by atoms with Crippen LogP contribution in [-0.4, -0.2) is 11.5 Å². The van der Waals surface area contributed by atoms with Crippen LogP contribution in [0.5, 0.6) is 0 Å². The molecule has 1 aromatic heterocycles. The van der Waals surface area contributed by atoms with Gasteiger partial charge in [-0.25, -0.2) is 0 Å². The largest absolute Gasteiger partial charge is 0.357 e. The summed E-state index contributed by atoms with van der Waals surface area (Å²) in [6.07, 6.45) is 0. The number of aryl methyl sites for hydroxylation is 2. The second kappa shape index (κ2) is 4.07. The van der Waals surface area contributed by atoms with Gasteiger partial charge in [-0.15, -0.1) is 0 Å². The minimum atomic E-state index is 0.920. The molecule has 1 aromatic carbocycles. The maximum atomic E-state index is 3.46. The van der Waals surface area contributed by atoms with E-state index >= 15 is 0 Å². The SMILES string of the molecule is CCNCc1cc2cc(C)cc(C)c2[nH]1. The summed E-state index contributed by atoms with van der Waals surface area (Å²) < 4.78 is 0. The smallest absolute Gasteiger partial charge is 0.0486 e. The molecule has 0 aliphatic carbocycles. The van der Waals surface area contributed by atoms with Gasteiger partial charge in [0.05, 0.1) is 0 Å². The van der Waals surface area contributed by atoms with Crippen molar-refractivity contribution >= 4 is 10.9 Å². The Bertz CT molecular complexity index is 469. The molecule has 0 radical (unpaired) electrons. The van der Waals surface area contributed by atoms with Gasteiger partial charge in [0.1, 0.15) is 0 Å². The first-order valence-electron chi connectivity index (χ1n) is 5.50. The Hall–Kier alpha value is -1.28. The van der Waals surface area contributed by atoms with E-state index in [9.17, 15) is 0 Å². The van der Waals surface area contributed by atoms with Crippen LogP contribution in [0, 0.1) is 13.8 Å². The highest BCUT2D eigenvalue weighted by Crippen LogP contribution is 2.20. The maximum absolute atomic E-state index is 3.46. The molecule has 2 N–H and O–H groups in total. The summed E-state index contributed by atoms with van der Waals surface area (Å²) in [7, 11) is 0. The first-order chi connectivity index (χ1) is 7.20. The number of rotatable bonds is 3. The molecule has 0 spiro atoms. The van der Waals surface area contributed by atoms with Crippen LogP contribution in [0.2, 0.25) is 0 Å². The number of nitrogens with one attached hydrogen (secondary N) is 2. The summed E-state index contributed by atoms with van der Waals surface area (Å²) in [5.74, 6) is 0. The van der Waals surface area contributed by atoms with Crippen molar-refractivity contribution in [3.63, 3.8) is 0 Å². The molecule has 0 aliphatic rings. The van der Waals surface area contributed by atoms with Gasteiger partial charge < -0.3 is 10.3 Å². The zero-order valence-corrected chi connectivity index (χ0v) is 9.65. The fourth-order valence-corrected chi connectivity index (χ4v) is 2.02. The third-order valence-corrected chi connectivity index (χ3v) is 2.69. The molecule has 2 rings (SSSR count). The van der Waals surface area contributed by atoms with Gasteiger partial charge in [0.25, 0.3) is 0 Å². The third kappa shape index (κ3) is 2.05. The molecule has 0 unspecified atom stereocenters. The maximum Gasteiger partial charge on any atom is 0.0486 e. The minimum Gasteiger partial charge on any atom is -0.357 e. The topological polar surface area (TPSA) is 27.8 Å². The van der Waals surface area contributed by atoms with Crippen molar-refractivity contribution in [1.29, 1.82) is 0 Å². The van der Waals surface area contributed by atoms with Gasteiger partial charge >= 0.3 is 0 Å². The highest BCUT2D eigenvalue weighted by Gasteiger charge is 2.03. The summed E-state index contributed by atoms with van der Waals surface area (Å²) in [4.78, 5) is 3.46. The van der Waals surface area contributed by atoms with Crippen LogP contribution in [0.3, 0.4) is 0 Å². The number of hydrogen-bond acceptors (Lipinski definition) is 1.